The summed E-state index contributed by atoms with van der Waals surface area (Å²) < 4.78 is 5.67. The first-order valence-corrected chi connectivity index (χ1v) is 5.17. The molecular formula is C13H19O. The van der Waals surface area contributed by atoms with Crippen molar-refractivity contribution < 1.29 is 4.74 Å². The van der Waals surface area contributed by atoms with Crippen LogP contribution in [0, 0.1) is 13.8 Å². The molecular weight excluding hydrogens is 172 g/mol. The molecule has 1 rings (SSSR count). The van der Waals surface area contributed by atoms with Crippen LogP contribution in [-0.4, -0.2) is 6.61 Å². The van der Waals surface area contributed by atoms with Gasteiger partial charge in [-0.25, -0.2) is 0 Å². The fraction of sp³-hybridized carbons (Fsp3) is 0.462. The van der Waals surface area contributed by atoms with Gasteiger partial charge in [0.05, 0.1) is 6.61 Å². The standard InChI is InChI=1S/C13H19O/c1-5-8-14-13-9-11(4)6-7-12(13)10(2)3/h6-7,9-10H,1,5,8H2,2-4H3. The maximum atomic E-state index is 5.67. The summed E-state index contributed by atoms with van der Waals surface area (Å²) in [4.78, 5) is 0. The van der Waals surface area contributed by atoms with Gasteiger partial charge in [0.1, 0.15) is 5.75 Å². The molecule has 14 heavy (non-hydrogen) atoms. The Morgan fingerprint density at radius 1 is 1.36 bits per heavy atom. The number of rotatable bonds is 4. The van der Waals surface area contributed by atoms with Crippen LogP contribution in [0.1, 0.15) is 37.3 Å². The van der Waals surface area contributed by atoms with Gasteiger partial charge in [-0.15, -0.1) is 0 Å². The molecule has 0 bridgehead atoms. The fourth-order valence-corrected chi connectivity index (χ4v) is 1.43. The van der Waals surface area contributed by atoms with Crippen LogP contribution in [0.2, 0.25) is 0 Å². The molecule has 1 radical (unpaired) electrons. The molecule has 0 spiro atoms. The Hall–Kier alpha value is -0.980. The summed E-state index contributed by atoms with van der Waals surface area (Å²) in [5.41, 5.74) is 2.53. The second-order valence-corrected chi connectivity index (χ2v) is 3.90. The molecule has 0 aliphatic heterocycles. The van der Waals surface area contributed by atoms with Crippen LogP contribution < -0.4 is 4.74 Å². The number of ether oxygens (including phenoxy) is 1. The van der Waals surface area contributed by atoms with Crippen LogP contribution in [0.4, 0.5) is 0 Å². The Kier molecular flexibility index (Phi) is 3.99. The zero-order valence-electron chi connectivity index (χ0n) is 9.34. The molecule has 0 saturated heterocycles. The number of benzene rings is 1. The van der Waals surface area contributed by atoms with E-state index in [2.05, 4.69) is 45.9 Å². The lowest BCUT2D eigenvalue weighted by Gasteiger charge is -2.14. The Morgan fingerprint density at radius 2 is 2.07 bits per heavy atom. The molecule has 0 atom stereocenters. The minimum Gasteiger partial charge on any atom is -0.493 e. The van der Waals surface area contributed by atoms with Crippen molar-refractivity contribution in [3.8, 4) is 5.75 Å². The number of hydrogen-bond donors (Lipinski definition) is 0. The van der Waals surface area contributed by atoms with Gasteiger partial charge in [0.25, 0.3) is 0 Å². The van der Waals surface area contributed by atoms with E-state index in [0.29, 0.717) is 12.5 Å². The average molecular weight is 191 g/mol. The lowest BCUT2D eigenvalue weighted by atomic mass is 10.0. The molecule has 0 N–H and O–H groups in total. The molecule has 0 unspecified atom stereocenters. The molecule has 77 valence electrons. The van der Waals surface area contributed by atoms with Crippen molar-refractivity contribution in [2.24, 2.45) is 0 Å². The SMILES string of the molecule is [CH2]CCOc1cc(C)ccc1C(C)C. The van der Waals surface area contributed by atoms with Crippen LogP contribution in [0.25, 0.3) is 0 Å². The van der Waals surface area contributed by atoms with Gasteiger partial charge in [-0.2, -0.15) is 0 Å². The van der Waals surface area contributed by atoms with Crippen molar-refractivity contribution in [3.63, 3.8) is 0 Å². The third-order valence-electron chi connectivity index (χ3n) is 2.19. The van der Waals surface area contributed by atoms with Gasteiger partial charge in [0.2, 0.25) is 0 Å². The summed E-state index contributed by atoms with van der Waals surface area (Å²) in [5, 5.41) is 0. The van der Waals surface area contributed by atoms with E-state index in [1.165, 1.54) is 11.1 Å². The van der Waals surface area contributed by atoms with Crippen molar-refractivity contribution in [2.75, 3.05) is 6.61 Å². The summed E-state index contributed by atoms with van der Waals surface area (Å²) in [6.45, 7) is 10.9. The van der Waals surface area contributed by atoms with Crippen LogP contribution in [0.15, 0.2) is 18.2 Å². The predicted molar refractivity (Wildman–Crippen MR) is 60.7 cm³/mol. The van der Waals surface area contributed by atoms with Crippen molar-refractivity contribution in [2.45, 2.75) is 33.1 Å². The molecule has 1 heteroatoms. The van der Waals surface area contributed by atoms with E-state index in [-0.39, 0.29) is 0 Å². The number of hydrogen-bond acceptors (Lipinski definition) is 1. The number of aryl methyl sites for hydroxylation is 1. The third kappa shape index (κ3) is 2.76. The van der Waals surface area contributed by atoms with Crippen LogP contribution >= 0.6 is 0 Å². The van der Waals surface area contributed by atoms with E-state index in [1.807, 2.05) is 0 Å². The molecule has 0 heterocycles. The quantitative estimate of drug-likeness (QED) is 0.704. The molecule has 1 nitrogen and oxygen atoms in total. The lowest BCUT2D eigenvalue weighted by Crippen LogP contribution is -2.00. The van der Waals surface area contributed by atoms with Crippen molar-refractivity contribution in [1.82, 2.24) is 0 Å². The van der Waals surface area contributed by atoms with Crippen molar-refractivity contribution in [3.05, 3.63) is 36.2 Å². The van der Waals surface area contributed by atoms with E-state index in [9.17, 15) is 0 Å². The zero-order valence-corrected chi connectivity index (χ0v) is 9.34. The summed E-state index contributed by atoms with van der Waals surface area (Å²) in [7, 11) is 0. The van der Waals surface area contributed by atoms with Gasteiger partial charge in [0, 0.05) is 0 Å². The summed E-state index contributed by atoms with van der Waals surface area (Å²) >= 11 is 0. The highest BCUT2D eigenvalue weighted by molar-refractivity contribution is 5.39. The fourth-order valence-electron chi connectivity index (χ4n) is 1.43. The Labute approximate surface area is 87.1 Å². The first kappa shape index (κ1) is 11.1. The summed E-state index contributed by atoms with van der Waals surface area (Å²) in [6.07, 6.45) is 0.811. The minimum atomic E-state index is 0.510. The van der Waals surface area contributed by atoms with E-state index < -0.39 is 0 Å². The van der Waals surface area contributed by atoms with Gasteiger partial charge in [-0.3, -0.25) is 0 Å². The van der Waals surface area contributed by atoms with E-state index in [4.69, 9.17) is 4.74 Å². The first-order chi connectivity index (χ1) is 6.65. The average Bonchev–Trinajstić information content (AvgIpc) is 2.14. The van der Waals surface area contributed by atoms with Crippen LogP contribution in [0.3, 0.4) is 0 Å². The molecule has 0 aromatic heterocycles. The highest BCUT2D eigenvalue weighted by Crippen LogP contribution is 2.27. The first-order valence-electron chi connectivity index (χ1n) is 5.17. The van der Waals surface area contributed by atoms with Crippen LogP contribution in [-0.2, 0) is 0 Å². The second-order valence-electron chi connectivity index (χ2n) is 3.90. The Morgan fingerprint density at radius 3 is 2.64 bits per heavy atom. The topological polar surface area (TPSA) is 9.23 Å². The second kappa shape index (κ2) is 5.04. The van der Waals surface area contributed by atoms with E-state index in [0.717, 1.165) is 12.2 Å². The monoisotopic (exact) mass is 191 g/mol. The predicted octanol–water partition coefficient (Wildman–Crippen LogP) is 3.72. The summed E-state index contributed by atoms with van der Waals surface area (Å²) in [5.74, 6) is 1.53. The molecule has 1 aromatic carbocycles. The highest BCUT2D eigenvalue weighted by atomic mass is 16.5. The Bertz CT molecular complexity index is 289. The summed E-state index contributed by atoms with van der Waals surface area (Å²) in [6, 6.07) is 6.38. The molecule has 0 saturated carbocycles. The van der Waals surface area contributed by atoms with Gasteiger partial charge in [0.15, 0.2) is 0 Å². The highest BCUT2D eigenvalue weighted by Gasteiger charge is 2.07. The lowest BCUT2D eigenvalue weighted by molar-refractivity contribution is 0.319. The van der Waals surface area contributed by atoms with Crippen LogP contribution in [0.5, 0.6) is 5.75 Å². The largest absolute Gasteiger partial charge is 0.493 e. The molecule has 0 aliphatic carbocycles. The molecule has 0 aliphatic rings. The minimum absolute atomic E-state index is 0.510. The van der Waals surface area contributed by atoms with Gasteiger partial charge in [-0.05, 0) is 43.4 Å². The van der Waals surface area contributed by atoms with Gasteiger partial charge < -0.3 is 4.74 Å². The molecule has 1 aromatic rings. The maximum Gasteiger partial charge on any atom is 0.122 e. The van der Waals surface area contributed by atoms with E-state index >= 15 is 0 Å². The van der Waals surface area contributed by atoms with Crippen molar-refractivity contribution >= 4 is 0 Å². The maximum absolute atomic E-state index is 5.67. The third-order valence-corrected chi connectivity index (χ3v) is 2.19. The Balaban J connectivity index is 2.91. The normalized spacial score (nSPS) is 10.6. The van der Waals surface area contributed by atoms with E-state index in [1.54, 1.807) is 0 Å². The van der Waals surface area contributed by atoms with Gasteiger partial charge >= 0.3 is 0 Å². The van der Waals surface area contributed by atoms with Gasteiger partial charge in [-0.1, -0.05) is 26.0 Å². The molecule has 0 fully saturated rings. The van der Waals surface area contributed by atoms with Crippen molar-refractivity contribution in [1.29, 1.82) is 0 Å². The smallest absolute Gasteiger partial charge is 0.122 e. The molecule has 0 amide bonds. The zero-order chi connectivity index (χ0) is 10.6.